The average Bonchev–Trinajstić information content (AvgIpc) is 2.80. The lowest BCUT2D eigenvalue weighted by Crippen LogP contribution is -2.35. The number of alkyl halides is 2. The Balaban J connectivity index is 0. The van der Waals surface area contributed by atoms with E-state index in [4.69, 9.17) is 0 Å². The minimum absolute atomic E-state index is 0.0741. The normalized spacial score (nSPS) is 15.1. The molecule has 34 heavy (non-hydrogen) atoms. The molecule has 0 aliphatic heterocycles. The van der Waals surface area contributed by atoms with Gasteiger partial charge >= 0.3 is 0 Å². The lowest BCUT2D eigenvalue weighted by atomic mass is 9.95. The number of rotatable bonds is 11. The number of aliphatic imine (C=N–C) groups is 1. The molecular weight excluding hydrogens is 428 g/mol. The van der Waals surface area contributed by atoms with Crippen LogP contribution in [0.4, 0.5) is 8.78 Å². The molecule has 0 aromatic rings. The van der Waals surface area contributed by atoms with E-state index in [1.807, 2.05) is 19.2 Å². The fourth-order valence-electron chi connectivity index (χ4n) is 3.29. The minimum atomic E-state index is -2.66. The van der Waals surface area contributed by atoms with Gasteiger partial charge in [0.2, 0.25) is 0 Å². The van der Waals surface area contributed by atoms with Crippen LogP contribution in [0.3, 0.4) is 0 Å². The summed E-state index contributed by atoms with van der Waals surface area (Å²) in [7, 11) is 3.58. The number of allylic oxidation sites excluding steroid dienone is 6. The first kappa shape index (κ1) is 33.9. The van der Waals surface area contributed by atoms with Crippen LogP contribution in [-0.2, 0) is 0 Å². The highest BCUT2D eigenvalue weighted by Crippen LogP contribution is 2.26. The first-order chi connectivity index (χ1) is 16.0. The van der Waals surface area contributed by atoms with Crippen molar-refractivity contribution in [3.8, 4) is 0 Å². The van der Waals surface area contributed by atoms with E-state index >= 15 is 0 Å². The van der Waals surface area contributed by atoms with Gasteiger partial charge in [0.1, 0.15) is 0 Å². The molecule has 1 saturated carbocycles. The summed E-state index contributed by atoms with van der Waals surface area (Å²) < 4.78 is 25.2. The summed E-state index contributed by atoms with van der Waals surface area (Å²) in [5.41, 5.74) is 2.87. The van der Waals surface area contributed by atoms with Crippen LogP contribution in [0.1, 0.15) is 72.6 Å². The van der Waals surface area contributed by atoms with Crippen LogP contribution in [-0.4, -0.2) is 38.3 Å². The van der Waals surface area contributed by atoms with Gasteiger partial charge in [0.05, 0.1) is 0 Å². The summed E-state index contributed by atoms with van der Waals surface area (Å²) in [5, 5.41) is 6.63. The Morgan fingerprint density at radius 1 is 1.12 bits per heavy atom. The Bertz CT molecular complexity index is 694. The van der Waals surface area contributed by atoms with Crippen LogP contribution in [0.25, 0.3) is 0 Å². The van der Waals surface area contributed by atoms with Gasteiger partial charge in [-0.15, -0.1) is 6.58 Å². The molecule has 0 aromatic heterocycles. The Hall–Kier alpha value is -2.27. The third-order valence-electron chi connectivity index (χ3n) is 5.37. The Labute approximate surface area is 208 Å². The van der Waals surface area contributed by atoms with Crippen molar-refractivity contribution in [3.05, 3.63) is 73.0 Å². The van der Waals surface area contributed by atoms with Crippen molar-refractivity contribution in [1.82, 2.24) is 10.6 Å². The fraction of sp³-hybridized carbons (Fsp3) is 0.552. The molecule has 1 fully saturated rings. The largest absolute Gasteiger partial charge is 0.388 e. The Kier molecular flexibility index (Phi) is 20.1. The number of hydrogen-bond donors (Lipinski definition) is 2. The van der Waals surface area contributed by atoms with Crippen LogP contribution in [0, 0.1) is 0 Å². The summed E-state index contributed by atoms with van der Waals surface area (Å²) in [6.45, 7) is 22.2. The topological polar surface area (TPSA) is 36.4 Å². The molecule has 2 N–H and O–H groups in total. The van der Waals surface area contributed by atoms with Crippen molar-refractivity contribution >= 4 is 6.21 Å². The summed E-state index contributed by atoms with van der Waals surface area (Å²) in [4.78, 5) is 3.88. The van der Waals surface area contributed by atoms with E-state index in [2.05, 4.69) is 55.8 Å². The SMILES string of the molecule is C=C/C=C(\C)C(F)(F)CC.C=CCC(=C)C(=C)/C(=C\C=NC)NC.CC(C)NC1CCCCC1. The zero-order chi connectivity index (χ0) is 26.6. The zero-order valence-corrected chi connectivity index (χ0v) is 22.5. The zero-order valence-electron chi connectivity index (χ0n) is 22.5. The maximum atomic E-state index is 12.6. The van der Waals surface area contributed by atoms with E-state index in [0.717, 1.165) is 29.3 Å². The molecule has 0 amide bonds. The van der Waals surface area contributed by atoms with E-state index in [1.165, 1.54) is 58.1 Å². The van der Waals surface area contributed by atoms with Crippen molar-refractivity contribution < 1.29 is 8.78 Å². The molecule has 0 aromatic carbocycles. The van der Waals surface area contributed by atoms with Gasteiger partial charge in [0.15, 0.2) is 0 Å². The van der Waals surface area contributed by atoms with E-state index < -0.39 is 5.92 Å². The van der Waals surface area contributed by atoms with Gasteiger partial charge in [0.25, 0.3) is 5.92 Å². The first-order valence-electron chi connectivity index (χ1n) is 12.2. The highest BCUT2D eigenvalue weighted by molar-refractivity contribution is 5.74. The molecule has 0 saturated heterocycles. The molecule has 0 atom stereocenters. The van der Waals surface area contributed by atoms with Gasteiger partial charge in [0, 0.05) is 44.5 Å². The lowest BCUT2D eigenvalue weighted by molar-refractivity contribution is 0.0377. The van der Waals surface area contributed by atoms with Gasteiger partial charge in [-0.1, -0.05) is 78.0 Å². The number of hydrogen-bond acceptors (Lipinski definition) is 3. The van der Waals surface area contributed by atoms with Crippen molar-refractivity contribution in [3.63, 3.8) is 0 Å². The monoisotopic (exact) mass is 477 g/mol. The second-order valence-electron chi connectivity index (χ2n) is 8.61. The molecule has 1 rings (SSSR count). The van der Waals surface area contributed by atoms with Crippen molar-refractivity contribution in [2.75, 3.05) is 14.1 Å². The molecule has 0 radical (unpaired) electrons. The van der Waals surface area contributed by atoms with Crippen molar-refractivity contribution in [2.45, 2.75) is 90.6 Å². The highest BCUT2D eigenvalue weighted by atomic mass is 19.3. The van der Waals surface area contributed by atoms with Gasteiger partial charge in [-0.25, -0.2) is 8.78 Å². The highest BCUT2D eigenvalue weighted by Gasteiger charge is 2.27. The summed E-state index contributed by atoms with van der Waals surface area (Å²) in [5.74, 6) is -2.66. The molecular formula is C29H49F2N3. The molecule has 0 heterocycles. The quantitative estimate of drug-likeness (QED) is 0.180. The fourth-order valence-corrected chi connectivity index (χ4v) is 3.29. The third kappa shape index (κ3) is 16.4. The van der Waals surface area contributed by atoms with Crippen LogP contribution in [0.5, 0.6) is 0 Å². The molecule has 1 aliphatic rings. The van der Waals surface area contributed by atoms with Gasteiger partial charge in [-0.2, -0.15) is 0 Å². The predicted octanol–water partition coefficient (Wildman–Crippen LogP) is 7.96. The van der Waals surface area contributed by atoms with E-state index in [1.54, 1.807) is 13.3 Å². The van der Waals surface area contributed by atoms with Crippen molar-refractivity contribution in [2.24, 2.45) is 4.99 Å². The van der Waals surface area contributed by atoms with Crippen LogP contribution < -0.4 is 10.6 Å². The number of nitrogens with zero attached hydrogens (tertiary/aromatic N) is 1. The van der Waals surface area contributed by atoms with E-state index in [9.17, 15) is 8.78 Å². The van der Waals surface area contributed by atoms with E-state index in [0.29, 0.717) is 6.04 Å². The first-order valence-corrected chi connectivity index (χ1v) is 12.2. The van der Waals surface area contributed by atoms with Crippen molar-refractivity contribution in [1.29, 1.82) is 0 Å². The minimum Gasteiger partial charge on any atom is -0.388 e. The second-order valence-corrected chi connectivity index (χ2v) is 8.61. The van der Waals surface area contributed by atoms with Gasteiger partial charge in [-0.3, -0.25) is 4.99 Å². The molecule has 0 spiro atoms. The molecule has 0 unspecified atom stereocenters. The third-order valence-corrected chi connectivity index (χ3v) is 5.37. The molecule has 3 nitrogen and oxygen atoms in total. The summed E-state index contributed by atoms with van der Waals surface area (Å²) in [6, 6.07) is 1.50. The standard InChI is InChI=1S/C12H18N2.C9H19N.C8H12F2/c1-6-7-10(2)11(3)12(14-5)8-9-13-4;1-8(2)10-9-6-4-3-5-7-9;1-4-6-7(3)8(9,10)5-2/h6,8-9,14H,1-3,7H2,4-5H3;8-10H,3-7H2,1-2H3;4,6H,1,5H2,2-3H3/b12-8+,13-9?;;7-6+. The second kappa shape index (κ2) is 20.1. The number of likely N-dealkylation sites (N-methyl/N-ethyl adjacent to an activating group) is 1. The molecule has 194 valence electrons. The number of nitrogens with one attached hydrogen (secondary N) is 2. The van der Waals surface area contributed by atoms with Gasteiger partial charge < -0.3 is 10.6 Å². The van der Waals surface area contributed by atoms with Crippen LogP contribution >= 0.6 is 0 Å². The van der Waals surface area contributed by atoms with Gasteiger partial charge in [-0.05, 0) is 49.0 Å². The van der Waals surface area contributed by atoms with Crippen LogP contribution in [0.2, 0.25) is 0 Å². The molecule has 5 heteroatoms. The van der Waals surface area contributed by atoms with E-state index in [-0.39, 0.29) is 12.0 Å². The Morgan fingerprint density at radius 2 is 1.71 bits per heavy atom. The maximum absolute atomic E-state index is 12.6. The van der Waals surface area contributed by atoms with Crippen LogP contribution in [0.15, 0.2) is 78.0 Å². The lowest BCUT2D eigenvalue weighted by Gasteiger charge is -2.24. The molecule has 1 aliphatic carbocycles. The summed E-state index contributed by atoms with van der Waals surface area (Å²) >= 11 is 0. The number of halogens is 2. The predicted molar refractivity (Wildman–Crippen MR) is 149 cm³/mol. The average molecular weight is 478 g/mol. The Morgan fingerprint density at radius 3 is 2.12 bits per heavy atom. The molecule has 0 bridgehead atoms. The maximum Gasteiger partial charge on any atom is 0.269 e. The smallest absolute Gasteiger partial charge is 0.269 e. The summed E-state index contributed by atoms with van der Waals surface area (Å²) in [6.07, 6.45) is 15.8.